The number of rotatable bonds is 7. The fraction of sp³-hybridized carbons (Fsp3) is 0.300. The van der Waals surface area contributed by atoms with Gasteiger partial charge >= 0.3 is 11.9 Å². The zero-order chi connectivity index (χ0) is 18.2. The molecular weight excluding hydrogens is 318 g/mol. The highest BCUT2D eigenvalue weighted by molar-refractivity contribution is 6.00. The molecule has 0 aliphatic heterocycles. The van der Waals surface area contributed by atoms with Gasteiger partial charge in [-0.3, -0.25) is 9.59 Å². The maximum atomic E-state index is 12.2. The number of para-hydroxylation sites is 1. The summed E-state index contributed by atoms with van der Waals surface area (Å²) in [6.45, 7) is 3.84. The van der Waals surface area contributed by atoms with Crippen LogP contribution < -0.4 is 4.90 Å². The van der Waals surface area contributed by atoms with Crippen LogP contribution in [0, 0.1) is 0 Å². The first-order valence-electron chi connectivity index (χ1n) is 8.30. The topological polar surface area (TPSA) is 55.8 Å². The summed E-state index contributed by atoms with van der Waals surface area (Å²) in [5.74, 6) is -2.24. The fourth-order valence-electron chi connectivity index (χ4n) is 2.51. The molecule has 0 N–H and O–H groups in total. The van der Waals surface area contributed by atoms with Crippen LogP contribution in [-0.2, 0) is 19.1 Å². The molecule has 5 heteroatoms. The monoisotopic (exact) mass is 341 g/mol. The molecule has 0 unspecified atom stereocenters. The van der Waals surface area contributed by atoms with Crippen molar-refractivity contribution in [3.05, 3.63) is 60.2 Å². The van der Waals surface area contributed by atoms with Gasteiger partial charge in [-0.05, 0) is 43.7 Å². The van der Waals surface area contributed by atoms with Crippen LogP contribution in [0.5, 0.6) is 0 Å². The third kappa shape index (κ3) is 4.59. The SMILES string of the molecule is CCOC(=O)C(C(=O)OCC)c1ccc(N(C)c2ccccc2)cc1. The quantitative estimate of drug-likeness (QED) is 0.568. The van der Waals surface area contributed by atoms with Gasteiger partial charge < -0.3 is 14.4 Å². The van der Waals surface area contributed by atoms with E-state index >= 15 is 0 Å². The highest BCUT2D eigenvalue weighted by Crippen LogP contribution is 2.26. The molecule has 0 aliphatic rings. The van der Waals surface area contributed by atoms with Gasteiger partial charge in [0.1, 0.15) is 0 Å². The minimum atomic E-state index is -1.06. The number of benzene rings is 2. The Balaban J connectivity index is 2.25. The van der Waals surface area contributed by atoms with E-state index in [9.17, 15) is 9.59 Å². The van der Waals surface area contributed by atoms with Crippen molar-refractivity contribution in [2.45, 2.75) is 19.8 Å². The van der Waals surface area contributed by atoms with Crippen molar-refractivity contribution in [2.24, 2.45) is 0 Å². The number of anilines is 2. The third-order valence-electron chi connectivity index (χ3n) is 3.80. The minimum absolute atomic E-state index is 0.212. The van der Waals surface area contributed by atoms with E-state index in [1.807, 2.05) is 54.4 Å². The number of hydrogen-bond acceptors (Lipinski definition) is 5. The van der Waals surface area contributed by atoms with Crippen molar-refractivity contribution in [2.75, 3.05) is 25.2 Å². The lowest BCUT2D eigenvalue weighted by atomic mass is 9.99. The number of ether oxygens (including phenoxy) is 2. The summed E-state index contributed by atoms with van der Waals surface area (Å²) in [4.78, 5) is 26.4. The number of carbonyl (C=O) groups is 2. The average molecular weight is 341 g/mol. The summed E-state index contributed by atoms with van der Waals surface area (Å²) in [5.41, 5.74) is 2.55. The largest absolute Gasteiger partial charge is 0.465 e. The second-order valence-electron chi connectivity index (χ2n) is 5.42. The van der Waals surface area contributed by atoms with Crippen LogP contribution in [0.4, 0.5) is 11.4 Å². The maximum Gasteiger partial charge on any atom is 0.324 e. The lowest BCUT2D eigenvalue weighted by Gasteiger charge is -2.20. The molecule has 2 aromatic carbocycles. The van der Waals surface area contributed by atoms with Crippen LogP contribution in [-0.4, -0.2) is 32.2 Å². The first kappa shape index (κ1) is 18.5. The molecule has 0 heterocycles. The van der Waals surface area contributed by atoms with Gasteiger partial charge in [0.25, 0.3) is 0 Å². The highest BCUT2D eigenvalue weighted by atomic mass is 16.6. The van der Waals surface area contributed by atoms with E-state index < -0.39 is 17.9 Å². The van der Waals surface area contributed by atoms with Crippen molar-refractivity contribution in [1.82, 2.24) is 0 Å². The smallest absolute Gasteiger partial charge is 0.324 e. The normalized spacial score (nSPS) is 10.4. The molecule has 0 spiro atoms. The Hall–Kier alpha value is -2.82. The average Bonchev–Trinajstić information content (AvgIpc) is 2.63. The molecule has 0 bridgehead atoms. The Bertz CT molecular complexity index is 679. The van der Waals surface area contributed by atoms with Crippen molar-refractivity contribution in [3.8, 4) is 0 Å². The van der Waals surface area contributed by atoms with Crippen LogP contribution in [0.2, 0.25) is 0 Å². The van der Waals surface area contributed by atoms with Gasteiger partial charge in [0, 0.05) is 18.4 Å². The van der Waals surface area contributed by atoms with E-state index in [0.29, 0.717) is 5.56 Å². The Morgan fingerprint density at radius 1 is 0.840 bits per heavy atom. The first-order valence-corrected chi connectivity index (χ1v) is 8.30. The standard InChI is InChI=1S/C20H23NO4/c1-4-24-19(22)18(20(23)25-5-2)15-11-13-17(14-12-15)21(3)16-9-7-6-8-10-16/h6-14,18H,4-5H2,1-3H3. The molecule has 0 saturated heterocycles. The summed E-state index contributed by atoms with van der Waals surface area (Å²) < 4.78 is 10.0. The van der Waals surface area contributed by atoms with Crippen LogP contribution >= 0.6 is 0 Å². The van der Waals surface area contributed by atoms with E-state index in [4.69, 9.17) is 9.47 Å². The summed E-state index contributed by atoms with van der Waals surface area (Å²) in [6.07, 6.45) is 0. The molecule has 2 aromatic rings. The summed E-state index contributed by atoms with van der Waals surface area (Å²) >= 11 is 0. The van der Waals surface area contributed by atoms with Gasteiger partial charge in [-0.1, -0.05) is 30.3 Å². The maximum absolute atomic E-state index is 12.2. The molecule has 0 fully saturated rings. The number of carbonyl (C=O) groups excluding carboxylic acids is 2. The second-order valence-corrected chi connectivity index (χ2v) is 5.42. The predicted octanol–water partition coefficient (Wildman–Crippen LogP) is 3.66. The Kier molecular flexibility index (Phi) is 6.57. The highest BCUT2D eigenvalue weighted by Gasteiger charge is 2.31. The lowest BCUT2D eigenvalue weighted by Crippen LogP contribution is -2.26. The first-order chi connectivity index (χ1) is 12.1. The zero-order valence-corrected chi connectivity index (χ0v) is 14.8. The number of esters is 2. The minimum Gasteiger partial charge on any atom is -0.465 e. The van der Waals surface area contributed by atoms with Gasteiger partial charge in [-0.25, -0.2) is 0 Å². The predicted molar refractivity (Wildman–Crippen MR) is 97.0 cm³/mol. The van der Waals surface area contributed by atoms with Crippen molar-refractivity contribution < 1.29 is 19.1 Å². The molecule has 132 valence electrons. The van der Waals surface area contributed by atoms with Crippen LogP contribution in [0.3, 0.4) is 0 Å². The molecule has 25 heavy (non-hydrogen) atoms. The molecule has 0 saturated carbocycles. The molecule has 2 rings (SSSR count). The van der Waals surface area contributed by atoms with E-state index in [2.05, 4.69) is 0 Å². The van der Waals surface area contributed by atoms with Gasteiger partial charge in [0.05, 0.1) is 13.2 Å². The summed E-state index contributed by atoms with van der Waals surface area (Å²) in [6, 6.07) is 17.2. The Morgan fingerprint density at radius 2 is 1.32 bits per heavy atom. The van der Waals surface area contributed by atoms with Gasteiger partial charge in [-0.2, -0.15) is 0 Å². The van der Waals surface area contributed by atoms with E-state index in [1.54, 1.807) is 26.0 Å². The Morgan fingerprint density at radius 3 is 1.80 bits per heavy atom. The van der Waals surface area contributed by atoms with E-state index in [0.717, 1.165) is 11.4 Å². The molecule has 0 aliphatic carbocycles. The van der Waals surface area contributed by atoms with Gasteiger partial charge in [0.15, 0.2) is 5.92 Å². The number of hydrogen-bond donors (Lipinski definition) is 0. The van der Waals surface area contributed by atoms with Gasteiger partial charge in [-0.15, -0.1) is 0 Å². The summed E-state index contributed by atoms with van der Waals surface area (Å²) in [7, 11) is 1.96. The second kappa shape index (κ2) is 8.87. The Labute approximate surface area is 148 Å². The van der Waals surface area contributed by atoms with Crippen molar-refractivity contribution >= 4 is 23.3 Å². The third-order valence-corrected chi connectivity index (χ3v) is 3.80. The molecular formula is C20H23NO4. The van der Waals surface area contributed by atoms with Crippen molar-refractivity contribution in [3.63, 3.8) is 0 Å². The van der Waals surface area contributed by atoms with E-state index in [-0.39, 0.29) is 13.2 Å². The molecule has 0 amide bonds. The van der Waals surface area contributed by atoms with Crippen LogP contribution in [0.1, 0.15) is 25.3 Å². The zero-order valence-electron chi connectivity index (χ0n) is 14.8. The van der Waals surface area contributed by atoms with Crippen LogP contribution in [0.15, 0.2) is 54.6 Å². The fourth-order valence-corrected chi connectivity index (χ4v) is 2.51. The van der Waals surface area contributed by atoms with Crippen LogP contribution in [0.25, 0.3) is 0 Å². The molecule has 0 radical (unpaired) electrons. The van der Waals surface area contributed by atoms with Gasteiger partial charge in [0.2, 0.25) is 0 Å². The molecule has 0 aromatic heterocycles. The number of nitrogens with zero attached hydrogens (tertiary/aromatic N) is 1. The summed E-state index contributed by atoms with van der Waals surface area (Å²) in [5, 5.41) is 0. The molecule has 5 nitrogen and oxygen atoms in total. The van der Waals surface area contributed by atoms with E-state index in [1.165, 1.54) is 0 Å². The van der Waals surface area contributed by atoms with Crippen molar-refractivity contribution in [1.29, 1.82) is 0 Å². The molecule has 0 atom stereocenters. The lowest BCUT2D eigenvalue weighted by molar-refractivity contribution is -0.156.